The van der Waals surface area contributed by atoms with Crippen LogP contribution in [0.1, 0.15) is 49.5 Å². The quantitative estimate of drug-likeness (QED) is 0.824. The number of hydrogen-bond donors (Lipinski definition) is 2. The molecule has 0 aliphatic heterocycles. The van der Waals surface area contributed by atoms with Crippen molar-refractivity contribution in [3.8, 4) is 5.75 Å². The van der Waals surface area contributed by atoms with E-state index in [0.29, 0.717) is 12.3 Å². The van der Waals surface area contributed by atoms with Crippen LogP contribution in [0.2, 0.25) is 0 Å². The molecule has 3 rings (SSSR count). The molecule has 1 heterocycles. The van der Waals surface area contributed by atoms with Crippen molar-refractivity contribution in [3.63, 3.8) is 0 Å². The largest absolute Gasteiger partial charge is 0.492 e. The topological polar surface area (TPSA) is 63.2 Å². The highest BCUT2D eigenvalue weighted by molar-refractivity contribution is 5.93. The molecular formula is C20H25N3O2. The van der Waals surface area contributed by atoms with Gasteiger partial charge in [0.15, 0.2) is 0 Å². The molecule has 0 saturated heterocycles. The zero-order valence-electron chi connectivity index (χ0n) is 14.6. The number of pyridine rings is 1. The molecule has 1 aliphatic carbocycles. The lowest BCUT2D eigenvalue weighted by atomic mass is 9.95. The van der Waals surface area contributed by atoms with Crippen LogP contribution in [-0.4, -0.2) is 23.5 Å². The highest BCUT2D eigenvalue weighted by Gasteiger charge is 2.17. The molecular weight excluding hydrogens is 314 g/mol. The monoisotopic (exact) mass is 339 g/mol. The fraction of sp³-hybridized carbons (Fsp3) is 0.400. The van der Waals surface area contributed by atoms with E-state index >= 15 is 0 Å². The zero-order chi connectivity index (χ0) is 17.5. The first-order chi connectivity index (χ1) is 12.3. The van der Waals surface area contributed by atoms with Crippen molar-refractivity contribution in [1.82, 2.24) is 10.3 Å². The average molecular weight is 339 g/mol. The third kappa shape index (κ3) is 4.72. The van der Waals surface area contributed by atoms with Crippen LogP contribution in [-0.2, 0) is 0 Å². The van der Waals surface area contributed by atoms with Gasteiger partial charge in [-0.2, -0.15) is 0 Å². The van der Waals surface area contributed by atoms with Gasteiger partial charge >= 0.3 is 0 Å². The second kappa shape index (κ2) is 8.51. The number of hydrogen-bond acceptors (Lipinski definition) is 4. The molecule has 1 saturated carbocycles. The summed E-state index contributed by atoms with van der Waals surface area (Å²) < 4.78 is 5.63. The van der Waals surface area contributed by atoms with E-state index in [4.69, 9.17) is 4.74 Å². The lowest BCUT2D eigenvalue weighted by molar-refractivity contribution is 0.0922. The van der Waals surface area contributed by atoms with Crippen molar-refractivity contribution in [2.45, 2.75) is 45.1 Å². The number of amides is 1. The Morgan fingerprint density at radius 2 is 2.00 bits per heavy atom. The summed E-state index contributed by atoms with van der Waals surface area (Å²) in [5, 5.41) is 6.42. The Bertz CT molecular complexity index is 712. The molecule has 0 spiro atoms. The first kappa shape index (κ1) is 17.3. The van der Waals surface area contributed by atoms with Gasteiger partial charge in [-0.1, -0.05) is 31.4 Å². The van der Waals surface area contributed by atoms with Crippen LogP contribution < -0.4 is 15.4 Å². The van der Waals surface area contributed by atoms with Crippen molar-refractivity contribution in [1.29, 1.82) is 0 Å². The summed E-state index contributed by atoms with van der Waals surface area (Å²) in [5.74, 6) is 0.684. The van der Waals surface area contributed by atoms with E-state index in [0.717, 1.165) is 30.0 Å². The molecule has 1 amide bonds. The van der Waals surface area contributed by atoms with E-state index in [1.54, 1.807) is 12.3 Å². The highest BCUT2D eigenvalue weighted by Crippen LogP contribution is 2.27. The SMILES string of the molecule is CCOc1ccccc1Nc1ccnc(C(=O)NC2CCCCC2)c1. The van der Waals surface area contributed by atoms with Gasteiger partial charge in [0.05, 0.1) is 12.3 Å². The number of rotatable bonds is 6. The fourth-order valence-corrected chi connectivity index (χ4v) is 3.15. The Labute approximate surface area is 148 Å². The maximum Gasteiger partial charge on any atom is 0.270 e. The predicted molar refractivity (Wildman–Crippen MR) is 99.5 cm³/mol. The molecule has 1 fully saturated rings. The minimum atomic E-state index is -0.103. The first-order valence-corrected chi connectivity index (χ1v) is 9.02. The number of nitrogens with one attached hydrogen (secondary N) is 2. The van der Waals surface area contributed by atoms with Crippen LogP contribution in [0.25, 0.3) is 0 Å². The van der Waals surface area contributed by atoms with Crippen molar-refractivity contribution in [3.05, 3.63) is 48.3 Å². The molecule has 0 atom stereocenters. The van der Waals surface area contributed by atoms with E-state index in [1.807, 2.05) is 37.3 Å². The summed E-state index contributed by atoms with van der Waals surface area (Å²) in [7, 11) is 0. The van der Waals surface area contributed by atoms with Crippen LogP contribution in [0.15, 0.2) is 42.6 Å². The summed E-state index contributed by atoms with van der Waals surface area (Å²) >= 11 is 0. The number of benzene rings is 1. The summed E-state index contributed by atoms with van der Waals surface area (Å²) in [5.41, 5.74) is 2.12. The molecule has 5 nitrogen and oxygen atoms in total. The molecule has 1 aromatic carbocycles. The highest BCUT2D eigenvalue weighted by atomic mass is 16.5. The van der Waals surface area contributed by atoms with Gasteiger partial charge in [0.25, 0.3) is 5.91 Å². The molecule has 2 aromatic rings. The Morgan fingerprint density at radius 3 is 2.80 bits per heavy atom. The third-order valence-electron chi connectivity index (χ3n) is 4.40. The Balaban J connectivity index is 1.70. The van der Waals surface area contributed by atoms with Gasteiger partial charge in [0.2, 0.25) is 0 Å². The second-order valence-electron chi connectivity index (χ2n) is 6.29. The fourth-order valence-electron chi connectivity index (χ4n) is 3.15. The van der Waals surface area contributed by atoms with Gasteiger partial charge in [-0.05, 0) is 44.0 Å². The van der Waals surface area contributed by atoms with Crippen molar-refractivity contribution >= 4 is 17.3 Å². The minimum Gasteiger partial charge on any atom is -0.492 e. The smallest absolute Gasteiger partial charge is 0.270 e. The van der Waals surface area contributed by atoms with Crippen LogP contribution in [0.4, 0.5) is 11.4 Å². The van der Waals surface area contributed by atoms with Crippen molar-refractivity contribution in [2.24, 2.45) is 0 Å². The van der Waals surface area contributed by atoms with Gasteiger partial charge < -0.3 is 15.4 Å². The Morgan fingerprint density at radius 1 is 1.20 bits per heavy atom. The number of para-hydroxylation sites is 2. The van der Waals surface area contributed by atoms with E-state index in [1.165, 1.54) is 19.3 Å². The second-order valence-corrected chi connectivity index (χ2v) is 6.29. The zero-order valence-corrected chi connectivity index (χ0v) is 14.6. The van der Waals surface area contributed by atoms with Gasteiger partial charge in [-0.25, -0.2) is 0 Å². The number of carbonyl (C=O) groups is 1. The van der Waals surface area contributed by atoms with Crippen LogP contribution in [0.5, 0.6) is 5.75 Å². The van der Waals surface area contributed by atoms with Gasteiger partial charge in [0.1, 0.15) is 11.4 Å². The van der Waals surface area contributed by atoms with Gasteiger partial charge in [-0.3, -0.25) is 9.78 Å². The van der Waals surface area contributed by atoms with Gasteiger partial charge in [-0.15, -0.1) is 0 Å². The predicted octanol–water partition coefficient (Wildman–Crippen LogP) is 4.29. The standard InChI is InChI=1S/C20H25N3O2/c1-2-25-19-11-7-6-10-17(19)22-16-12-13-21-18(14-16)20(24)23-15-8-4-3-5-9-15/h6-7,10-15H,2-5,8-9H2,1H3,(H,21,22)(H,23,24). The van der Waals surface area contributed by atoms with E-state index in [9.17, 15) is 4.79 Å². The average Bonchev–Trinajstić information content (AvgIpc) is 2.65. The minimum absolute atomic E-state index is 0.103. The normalized spacial score (nSPS) is 14.8. The Kier molecular flexibility index (Phi) is 5.88. The Hall–Kier alpha value is -2.56. The number of ether oxygens (including phenoxy) is 1. The molecule has 2 N–H and O–H groups in total. The van der Waals surface area contributed by atoms with E-state index < -0.39 is 0 Å². The third-order valence-corrected chi connectivity index (χ3v) is 4.40. The van der Waals surface area contributed by atoms with Crippen molar-refractivity contribution < 1.29 is 9.53 Å². The summed E-state index contributed by atoms with van der Waals surface area (Å²) in [6.45, 7) is 2.56. The molecule has 25 heavy (non-hydrogen) atoms. The van der Waals surface area contributed by atoms with Crippen molar-refractivity contribution in [2.75, 3.05) is 11.9 Å². The summed E-state index contributed by atoms with van der Waals surface area (Å²) in [6, 6.07) is 11.7. The van der Waals surface area contributed by atoms with Crippen LogP contribution in [0, 0.1) is 0 Å². The maximum absolute atomic E-state index is 12.5. The lowest BCUT2D eigenvalue weighted by Gasteiger charge is -2.22. The summed E-state index contributed by atoms with van der Waals surface area (Å²) in [6.07, 6.45) is 7.42. The lowest BCUT2D eigenvalue weighted by Crippen LogP contribution is -2.36. The molecule has 5 heteroatoms. The maximum atomic E-state index is 12.5. The molecule has 0 unspecified atom stereocenters. The number of carbonyl (C=O) groups excluding carboxylic acids is 1. The van der Waals surface area contributed by atoms with E-state index in [2.05, 4.69) is 15.6 Å². The molecule has 0 bridgehead atoms. The first-order valence-electron chi connectivity index (χ1n) is 9.02. The van der Waals surface area contributed by atoms with Gasteiger partial charge in [0, 0.05) is 17.9 Å². The number of nitrogens with zero attached hydrogens (tertiary/aromatic N) is 1. The number of anilines is 2. The molecule has 1 aliphatic rings. The van der Waals surface area contributed by atoms with Crippen LogP contribution >= 0.6 is 0 Å². The van der Waals surface area contributed by atoms with Crippen LogP contribution in [0.3, 0.4) is 0 Å². The summed E-state index contributed by atoms with van der Waals surface area (Å²) in [4.78, 5) is 16.7. The molecule has 0 radical (unpaired) electrons. The molecule has 1 aromatic heterocycles. The van der Waals surface area contributed by atoms with E-state index in [-0.39, 0.29) is 11.9 Å². The molecule has 132 valence electrons. The number of aromatic nitrogens is 1.